The van der Waals surface area contributed by atoms with E-state index in [1.807, 2.05) is 13.8 Å². The van der Waals surface area contributed by atoms with Crippen LogP contribution in [0.5, 0.6) is 5.75 Å². The van der Waals surface area contributed by atoms with E-state index >= 15 is 0 Å². The standard InChI is InChI=1S/C27H34N2O5/c1-4-27(5-2)24(32)29(25(27)34-22-15-13-21(14-16-22)18-23(30)31)26(33)28-17-7-6-8-20-11-9-19(3)10-12-20/h9-16,25H,4-8,17-18H2,1-3H3,(H,28,33)(H,30,31)/t25-/m0/s1. The minimum absolute atomic E-state index is 0.0749. The summed E-state index contributed by atoms with van der Waals surface area (Å²) in [4.78, 5) is 37.9. The van der Waals surface area contributed by atoms with Crippen LogP contribution in [0.1, 0.15) is 56.2 Å². The second-order valence-corrected chi connectivity index (χ2v) is 8.90. The third-order valence-corrected chi connectivity index (χ3v) is 6.65. The van der Waals surface area contributed by atoms with E-state index in [1.54, 1.807) is 24.3 Å². The van der Waals surface area contributed by atoms with Crippen LogP contribution in [0.4, 0.5) is 4.79 Å². The highest BCUT2D eigenvalue weighted by Crippen LogP contribution is 2.46. The molecule has 3 rings (SSSR count). The number of aliphatic carboxylic acids is 1. The highest BCUT2D eigenvalue weighted by Gasteiger charge is 2.62. The lowest BCUT2D eigenvalue weighted by Crippen LogP contribution is -2.73. The Kier molecular flexibility index (Phi) is 8.31. The van der Waals surface area contributed by atoms with Crippen molar-refractivity contribution >= 4 is 17.9 Å². The smallest absolute Gasteiger partial charge is 0.327 e. The van der Waals surface area contributed by atoms with Crippen LogP contribution in [0.15, 0.2) is 48.5 Å². The summed E-state index contributed by atoms with van der Waals surface area (Å²) in [6.45, 7) is 6.39. The summed E-state index contributed by atoms with van der Waals surface area (Å²) >= 11 is 0. The van der Waals surface area contributed by atoms with Gasteiger partial charge in [0.1, 0.15) is 11.2 Å². The molecule has 0 saturated carbocycles. The molecule has 0 radical (unpaired) electrons. The lowest BCUT2D eigenvalue weighted by Gasteiger charge is -2.53. The maximum atomic E-state index is 13.0. The molecule has 1 atom stereocenters. The van der Waals surface area contributed by atoms with Gasteiger partial charge in [-0.15, -0.1) is 0 Å². The Morgan fingerprint density at radius 1 is 1.00 bits per heavy atom. The molecular weight excluding hydrogens is 432 g/mol. The van der Waals surface area contributed by atoms with E-state index in [0.29, 0.717) is 30.7 Å². The number of nitrogens with one attached hydrogen (secondary N) is 1. The number of aryl methyl sites for hydroxylation is 2. The third kappa shape index (κ3) is 5.58. The zero-order valence-electron chi connectivity index (χ0n) is 20.2. The molecule has 7 nitrogen and oxygen atoms in total. The summed E-state index contributed by atoms with van der Waals surface area (Å²) in [5.41, 5.74) is 2.41. The molecule has 0 bridgehead atoms. The molecule has 182 valence electrons. The van der Waals surface area contributed by atoms with Crippen molar-refractivity contribution in [3.05, 3.63) is 65.2 Å². The van der Waals surface area contributed by atoms with Crippen LogP contribution >= 0.6 is 0 Å². The lowest BCUT2D eigenvalue weighted by atomic mass is 9.72. The molecule has 2 aromatic rings. The SMILES string of the molecule is CCC1(CC)C(=O)N(C(=O)NCCCCc2ccc(C)cc2)[C@H]1Oc1ccc(CC(=O)O)cc1. The fourth-order valence-electron chi connectivity index (χ4n) is 4.38. The second-order valence-electron chi connectivity index (χ2n) is 8.90. The van der Waals surface area contributed by atoms with Crippen molar-refractivity contribution < 1.29 is 24.2 Å². The van der Waals surface area contributed by atoms with Gasteiger partial charge in [-0.05, 0) is 62.3 Å². The first-order valence-electron chi connectivity index (χ1n) is 11.9. The summed E-state index contributed by atoms with van der Waals surface area (Å²) in [7, 11) is 0. The molecular formula is C27H34N2O5. The number of hydrogen-bond donors (Lipinski definition) is 2. The minimum atomic E-state index is -0.907. The number of carboxylic acid groups (broad SMARTS) is 1. The quantitative estimate of drug-likeness (QED) is 0.369. The van der Waals surface area contributed by atoms with Crippen molar-refractivity contribution in [3.8, 4) is 5.75 Å². The van der Waals surface area contributed by atoms with Crippen molar-refractivity contribution in [1.82, 2.24) is 10.2 Å². The molecule has 2 N–H and O–H groups in total. The van der Waals surface area contributed by atoms with Gasteiger partial charge in [-0.1, -0.05) is 55.8 Å². The topological polar surface area (TPSA) is 95.9 Å². The van der Waals surface area contributed by atoms with Crippen LogP contribution in [-0.4, -0.2) is 40.7 Å². The van der Waals surface area contributed by atoms with Crippen LogP contribution in [0.2, 0.25) is 0 Å². The van der Waals surface area contributed by atoms with E-state index in [2.05, 4.69) is 36.5 Å². The first-order valence-corrected chi connectivity index (χ1v) is 11.9. The minimum Gasteiger partial charge on any atom is -0.481 e. The van der Waals surface area contributed by atoms with Crippen LogP contribution < -0.4 is 10.1 Å². The van der Waals surface area contributed by atoms with Gasteiger partial charge in [0.05, 0.1) is 6.42 Å². The van der Waals surface area contributed by atoms with Crippen molar-refractivity contribution in [2.24, 2.45) is 5.41 Å². The van der Waals surface area contributed by atoms with Crippen molar-refractivity contribution in [3.63, 3.8) is 0 Å². The van der Waals surface area contributed by atoms with Crippen LogP contribution in [0, 0.1) is 12.3 Å². The van der Waals surface area contributed by atoms with E-state index in [9.17, 15) is 14.4 Å². The monoisotopic (exact) mass is 466 g/mol. The summed E-state index contributed by atoms with van der Waals surface area (Å²) < 4.78 is 6.10. The number of unbranched alkanes of at least 4 members (excludes halogenated alkanes) is 1. The van der Waals surface area contributed by atoms with Gasteiger partial charge in [-0.3, -0.25) is 9.59 Å². The Labute approximate surface area is 201 Å². The van der Waals surface area contributed by atoms with Gasteiger partial charge >= 0.3 is 12.0 Å². The van der Waals surface area contributed by atoms with Crippen LogP contribution in [0.25, 0.3) is 0 Å². The number of carbonyl (C=O) groups is 3. The maximum Gasteiger partial charge on any atom is 0.327 e. The lowest BCUT2D eigenvalue weighted by molar-refractivity contribution is -0.190. The molecule has 0 spiro atoms. The predicted molar refractivity (Wildman–Crippen MR) is 130 cm³/mol. The number of imide groups is 1. The summed E-state index contributed by atoms with van der Waals surface area (Å²) in [6.07, 6.45) is 3.03. The second kappa shape index (κ2) is 11.2. The Bertz CT molecular complexity index is 997. The van der Waals surface area contributed by atoms with E-state index in [4.69, 9.17) is 9.84 Å². The Balaban J connectivity index is 1.57. The number of carbonyl (C=O) groups excluding carboxylic acids is 2. The van der Waals surface area contributed by atoms with Gasteiger partial charge in [0.15, 0.2) is 6.23 Å². The number of nitrogens with zero attached hydrogens (tertiary/aromatic N) is 1. The van der Waals surface area contributed by atoms with Crippen LogP contribution in [-0.2, 0) is 22.4 Å². The Hall–Kier alpha value is -3.35. The number of rotatable bonds is 11. The number of ether oxygens (including phenoxy) is 1. The number of β-lactam (4-membered cyclic amide) rings is 1. The van der Waals surface area contributed by atoms with Gasteiger partial charge in [-0.2, -0.15) is 0 Å². The summed E-state index contributed by atoms with van der Waals surface area (Å²) in [5.74, 6) is -0.632. The predicted octanol–water partition coefficient (Wildman–Crippen LogP) is 4.71. The molecule has 0 unspecified atom stereocenters. The number of urea groups is 1. The Morgan fingerprint density at radius 2 is 1.62 bits per heavy atom. The number of amides is 3. The van der Waals surface area contributed by atoms with Crippen molar-refractivity contribution in [1.29, 1.82) is 0 Å². The number of benzene rings is 2. The number of hydrogen-bond acceptors (Lipinski definition) is 4. The van der Waals surface area contributed by atoms with Gasteiger partial charge in [0, 0.05) is 6.54 Å². The van der Waals surface area contributed by atoms with Gasteiger partial charge < -0.3 is 15.2 Å². The first kappa shape index (κ1) is 25.3. The van der Waals surface area contributed by atoms with Gasteiger partial charge in [0.25, 0.3) is 0 Å². The largest absolute Gasteiger partial charge is 0.481 e. The number of carboxylic acids is 1. The summed E-state index contributed by atoms with van der Waals surface area (Å²) in [6, 6.07) is 14.7. The molecule has 1 heterocycles. The zero-order valence-corrected chi connectivity index (χ0v) is 20.2. The highest BCUT2D eigenvalue weighted by molar-refractivity contribution is 6.03. The number of likely N-dealkylation sites (tertiary alicyclic amines) is 1. The molecule has 0 aromatic heterocycles. The van der Waals surface area contributed by atoms with E-state index in [0.717, 1.165) is 19.3 Å². The van der Waals surface area contributed by atoms with E-state index in [1.165, 1.54) is 16.0 Å². The molecule has 34 heavy (non-hydrogen) atoms. The van der Waals surface area contributed by atoms with E-state index in [-0.39, 0.29) is 12.3 Å². The van der Waals surface area contributed by atoms with Crippen LogP contribution in [0.3, 0.4) is 0 Å². The molecule has 1 fully saturated rings. The molecule has 1 aliphatic rings. The van der Waals surface area contributed by atoms with E-state index < -0.39 is 23.6 Å². The van der Waals surface area contributed by atoms with Crippen molar-refractivity contribution in [2.75, 3.05) is 6.54 Å². The van der Waals surface area contributed by atoms with Gasteiger partial charge in [-0.25, -0.2) is 9.69 Å². The zero-order chi connectivity index (χ0) is 24.7. The summed E-state index contributed by atoms with van der Waals surface area (Å²) in [5, 5.41) is 11.8. The average Bonchev–Trinajstić information content (AvgIpc) is 2.81. The molecule has 1 saturated heterocycles. The molecule has 0 aliphatic carbocycles. The normalized spacial score (nSPS) is 16.6. The maximum absolute atomic E-state index is 13.0. The molecule has 2 aromatic carbocycles. The average molecular weight is 467 g/mol. The fraction of sp³-hybridized carbons (Fsp3) is 0.444. The van der Waals surface area contributed by atoms with Gasteiger partial charge in [0.2, 0.25) is 5.91 Å². The molecule has 7 heteroatoms. The highest BCUT2D eigenvalue weighted by atomic mass is 16.5. The van der Waals surface area contributed by atoms with Crippen molar-refractivity contribution in [2.45, 2.75) is 65.5 Å². The Morgan fingerprint density at radius 3 is 2.21 bits per heavy atom. The molecule has 1 aliphatic heterocycles. The first-order chi connectivity index (χ1) is 16.3. The molecule has 3 amide bonds. The fourth-order valence-corrected chi connectivity index (χ4v) is 4.38. The third-order valence-electron chi connectivity index (χ3n) is 6.65.